The number of aliphatic hydroxyl groups is 4. The van der Waals surface area contributed by atoms with Gasteiger partial charge in [-0.15, -0.1) is 0 Å². The van der Waals surface area contributed by atoms with Crippen molar-refractivity contribution in [3.8, 4) is 22.3 Å². The maximum Gasteiger partial charge on any atom is 2.00 e. The topological polar surface area (TPSA) is 187 Å². The van der Waals surface area contributed by atoms with Crippen LogP contribution in [-0.4, -0.2) is 104 Å². The first kappa shape index (κ1) is 48.1. The van der Waals surface area contributed by atoms with Crippen LogP contribution in [0.1, 0.15) is 98.6 Å². The summed E-state index contributed by atoms with van der Waals surface area (Å²) in [6.45, 7) is 0. The Hall–Kier alpha value is -4.40. The van der Waals surface area contributed by atoms with Crippen LogP contribution < -0.4 is 10.2 Å². The van der Waals surface area contributed by atoms with Crippen LogP contribution in [-0.2, 0) is 22.4 Å². The predicted molar refractivity (Wildman–Crippen MR) is 233 cm³/mol. The molecule has 0 amide bonds. The number of carbonyl (C=O) groups is 2. The molecule has 10 nitrogen and oxygen atoms in total. The van der Waals surface area contributed by atoms with Gasteiger partial charge in [0.05, 0.1) is 35.4 Å². The third-order valence-electron chi connectivity index (χ3n) is 11.6. The van der Waals surface area contributed by atoms with Crippen LogP contribution in [0.25, 0.3) is 44.1 Å². The number of carbonyl (C=O) groups excluding carboxylic acids is 2. The molecule has 2 heterocycles. The maximum atomic E-state index is 13.6. The van der Waals surface area contributed by atoms with E-state index in [1.54, 1.807) is 24.3 Å². The van der Waals surface area contributed by atoms with Crippen LogP contribution in [0.5, 0.6) is 0 Å². The average molecular weight is 885 g/mol. The zero-order valence-corrected chi connectivity index (χ0v) is 37.2. The molecule has 0 saturated heterocycles. The summed E-state index contributed by atoms with van der Waals surface area (Å²) in [5.74, 6) is -2.54. The minimum Gasteiger partial charge on any atom is -0.550 e. The molecule has 0 bridgehead atoms. The van der Waals surface area contributed by atoms with Gasteiger partial charge in [-0.2, -0.15) is 0 Å². The number of halogens is 2. The van der Waals surface area contributed by atoms with E-state index in [1.165, 1.54) is 24.3 Å². The van der Waals surface area contributed by atoms with E-state index in [4.69, 9.17) is 9.97 Å². The molecule has 4 N–H and O–H groups in total. The number of para-hydroxylation sites is 2. The number of benzene rings is 4. The molecule has 0 aliphatic heterocycles. The molecule has 2 fully saturated rings. The summed E-state index contributed by atoms with van der Waals surface area (Å²) in [6, 6.07) is 28.5. The van der Waals surface area contributed by atoms with E-state index < -0.39 is 49.2 Å². The fourth-order valence-electron chi connectivity index (χ4n) is 8.37. The molecule has 13 heteroatoms. The summed E-state index contributed by atoms with van der Waals surface area (Å²) in [5.41, 5.74) is 9.63. The molecule has 0 radical (unpaired) electrons. The molecule has 6 aromatic rings. The largest absolute Gasteiger partial charge is 2.00 e. The van der Waals surface area contributed by atoms with E-state index in [9.17, 15) is 49.0 Å². The van der Waals surface area contributed by atoms with Gasteiger partial charge in [0.2, 0.25) is 0 Å². The number of hydrogen-bond donors (Lipinski definition) is 4. The first-order chi connectivity index (χ1) is 29.8. The van der Waals surface area contributed by atoms with Crippen molar-refractivity contribution in [3.05, 3.63) is 131 Å². The molecule has 8 rings (SSSR count). The van der Waals surface area contributed by atoms with Crippen molar-refractivity contribution in [2.24, 2.45) is 0 Å². The molecule has 4 atom stereocenters. The number of aliphatic carboxylic acids is 2. The molecule has 63 heavy (non-hydrogen) atoms. The summed E-state index contributed by atoms with van der Waals surface area (Å²) in [4.78, 5) is 31.2. The van der Waals surface area contributed by atoms with Crippen molar-refractivity contribution in [1.29, 1.82) is 0 Å². The number of pyridine rings is 2. The summed E-state index contributed by atoms with van der Waals surface area (Å²) < 4.78 is 27.2. The van der Waals surface area contributed by atoms with E-state index in [0.29, 0.717) is 37.5 Å². The van der Waals surface area contributed by atoms with Gasteiger partial charge in [0.25, 0.3) is 0 Å². The van der Waals surface area contributed by atoms with Gasteiger partial charge < -0.3 is 40.2 Å². The summed E-state index contributed by atoms with van der Waals surface area (Å²) >= 11 is 0. The molecular formula is C50H50CaF2N2O8. The average Bonchev–Trinajstić information content (AvgIpc) is 4.17. The molecule has 2 aliphatic rings. The van der Waals surface area contributed by atoms with Crippen LogP contribution in [0.3, 0.4) is 0 Å². The second kappa shape index (κ2) is 22.0. The Morgan fingerprint density at radius 1 is 0.556 bits per heavy atom. The van der Waals surface area contributed by atoms with Crippen LogP contribution in [0.15, 0.2) is 97.1 Å². The van der Waals surface area contributed by atoms with Gasteiger partial charge in [-0.25, -0.2) is 8.78 Å². The van der Waals surface area contributed by atoms with Crippen LogP contribution in [0.2, 0.25) is 0 Å². The van der Waals surface area contributed by atoms with E-state index >= 15 is 0 Å². The molecule has 2 aromatic heterocycles. The van der Waals surface area contributed by atoms with Crippen molar-refractivity contribution < 1.29 is 49.0 Å². The van der Waals surface area contributed by atoms with E-state index in [0.717, 1.165) is 92.3 Å². The van der Waals surface area contributed by atoms with Crippen LogP contribution in [0.4, 0.5) is 8.78 Å². The zero-order chi connectivity index (χ0) is 43.9. The van der Waals surface area contributed by atoms with Gasteiger partial charge in [-0.3, -0.25) is 9.97 Å². The number of carboxylic acids is 2. The standard InChI is InChI=1S/2C25H26FNO4.Ca/c2*26-17-9-7-15(8-10-17)24-20-3-1-2-4-22(20)27-25(16-5-6-16)21(24)12-11-18(28)13-19(29)14-23(30)31;/h2*1-4,7-10,16,18-19,28-29H,5-6,11-14H2,(H,30,31);/q;;+2/p-2. The second-order valence-electron chi connectivity index (χ2n) is 16.6. The molecule has 324 valence electrons. The smallest absolute Gasteiger partial charge is 0.550 e. The predicted octanol–water partition coefficient (Wildman–Crippen LogP) is 5.82. The number of nitrogens with zero attached hydrogens (tertiary/aromatic N) is 2. The minimum atomic E-state index is -1.34. The summed E-state index contributed by atoms with van der Waals surface area (Å²) in [7, 11) is 0. The fourth-order valence-corrected chi connectivity index (χ4v) is 8.37. The fraction of sp³-hybridized carbons (Fsp3) is 0.360. The van der Waals surface area contributed by atoms with Gasteiger partial charge in [-0.05, 0) is 134 Å². The van der Waals surface area contributed by atoms with Gasteiger partial charge in [-0.1, -0.05) is 60.7 Å². The minimum absolute atomic E-state index is 0. The van der Waals surface area contributed by atoms with Gasteiger partial charge in [0.15, 0.2) is 0 Å². The SMILES string of the molecule is O=C([O-])CC(O)CC(O)CCc1c(C2CC2)nc2ccccc2c1-c1ccc(F)cc1.O=C([O-])CC(O)CC(O)CCc1c(C2CC2)nc2ccccc2c1-c1ccc(F)cc1.[Ca+2]. The number of fused-ring (bicyclic) bond motifs is 2. The first-order valence-corrected chi connectivity index (χ1v) is 21.3. The normalized spacial score (nSPS) is 15.5. The molecule has 2 saturated carbocycles. The van der Waals surface area contributed by atoms with Crippen molar-refractivity contribution in [3.63, 3.8) is 0 Å². The Labute approximate surface area is 394 Å². The zero-order valence-electron chi connectivity index (χ0n) is 35.0. The van der Waals surface area contributed by atoms with Gasteiger partial charge >= 0.3 is 37.7 Å². The molecule has 0 spiro atoms. The third kappa shape index (κ3) is 12.9. The molecule has 2 aliphatic carbocycles. The molecule has 4 aromatic carbocycles. The summed E-state index contributed by atoms with van der Waals surface area (Å²) in [6.07, 6.45) is 0.974. The third-order valence-corrected chi connectivity index (χ3v) is 11.6. The quantitative estimate of drug-likeness (QED) is 0.0767. The first-order valence-electron chi connectivity index (χ1n) is 21.3. The van der Waals surface area contributed by atoms with Crippen LogP contribution in [0, 0.1) is 11.6 Å². The van der Waals surface area contributed by atoms with Crippen molar-refractivity contribution >= 4 is 71.5 Å². The second-order valence-corrected chi connectivity index (χ2v) is 16.6. The number of aliphatic hydroxyl groups excluding tert-OH is 4. The van der Waals surface area contributed by atoms with Gasteiger partial charge in [0, 0.05) is 58.8 Å². The van der Waals surface area contributed by atoms with Crippen molar-refractivity contribution in [2.75, 3.05) is 0 Å². The van der Waals surface area contributed by atoms with E-state index in [1.807, 2.05) is 48.5 Å². The number of rotatable bonds is 18. The Bertz CT molecular complexity index is 2340. The Morgan fingerprint density at radius 3 is 1.24 bits per heavy atom. The Kier molecular flexibility index (Phi) is 16.8. The molecule has 4 unspecified atom stereocenters. The van der Waals surface area contributed by atoms with E-state index in [2.05, 4.69) is 0 Å². The Balaban J connectivity index is 0.000000206. The Morgan fingerprint density at radius 2 is 0.905 bits per heavy atom. The van der Waals surface area contributed by atoms with Crippen LogP contribution >= 0.6 is 0 Å². The monoisotopic (exact) mass is 884 g/mol. The van der Waals surface area contributed by atoms with E-state index in [-0.39, 0.29) is 62.2 Å². The summed E-state index contributed by atoms with van der Waals surface area (Å²) in [5, 5.41) is 63.7. The van der Waals surface area contributed by atoms with Gasteiger partial charge in [0.1, 0.15) is 11.6 Å². The number of aromatic nitrogens is 2. The van der Waals surface area contributed by atoms with Crippen molar-refractivity contribution in [1.82, 2.24) is 9.97 Å². The maximum absolute atomic E-state index is 13.6. The van der Waals surface area contributed by atoms with Crippen molar-refractivity contribution in [2.45, 2.75) is 113 Å². The number of hydrogen-bond acceptors (Lipinski definition) is 10. The number of carboxylic acid groups (broad SMARTS) is 2. The molecular weight excluding hydrogens is 835 g/mol.